The zero-order valence-corrected chi connectivity index (χ0v) is 21.1. The summed E-state index contributed by atoms with van der Waals surface area (Å²) in [7, 11) is -2.37. The van der Waals surface area contributed by atoms with Gasteiger partial charge >= 0.3 is 12.1 Å². The minimum atomic E-state index is -4.92. The van der Waals surface area contributed by atoms with Crippen molar-refractivity contribution in [2.24, 2.45) is 5.92 Å². The van der Waals surface area contributed by atoms with Gasteiger partial charge in [0, 0.05) is 0 Å². The Hall–Kier alpha value is -2.17. The molecule has 3 aromatic rings. The minimum absolute atomic E-state index is 0. The Bertz CT molecular complexity index is 904. The molecule has 0 unspecified atom stereocenters. The first-order valence-corrected chi connectivity index (χ1v) is 12.7. The summed E-state index contributed by atoms with van der Waals surface area (Å²) in [5.74, 6) is -2.01. The van der Waals surface area contributed by atoms with E-state index >= 15 is 0 Å². The zero-order valence-electron chi connectivity index (χ0n) is 18.6. The van der Waals surface area contributed by atoms with Gasteiger partial charge in [0.2, 0.25) is 0 Å². The number of nitrogens with one attached hydrogen (secondary N) is 1. The Morgan fingerprint density at radius 1 is 0.818 bits per heavy atom. The van der Waals surface area contributed by atoms with E-state index in [0.29, 0.717) is 12.6 Å². The summed E-state index contributed by atoms with van der Waals surface area (Å²) in [5, 5.41) is 5.56. The van der Waals surface area contributed by atoms with Gasteiger partial charge in [-0.15, -0.1) is 0 Å². The first-order valence-electron chi connectivity index (χ1n) is 10.7. The van der Waals surface area contributed by atoms with Gasteiger partial charge in [-0.25, -0.2) is 0 Å². The molecule has 7 heteroatoms. The lowest BCUT2D eigenvalue weighted by molar-refractivity contribution is -0.174. The molecule has 3 rings (SSSR count). The Morgan fingerprint density at radius 3 is 1.48 bits per heavy atom. The van der Waals surface area contributed by atoms with E-state index in [2.05, 4.69) is 5.32 Å². The molecule has 2 atom stereocenters. The van der Waals surface area contributed by atoms with Crippen LogP contribution in [0.4, 0.5) is 13.2 Å². The van der Waals surface area contributed by atoms with Crippen molar-refractivity contribution in [2.75, 3.05) is 6.16 Å². The molecule has 0 fully saturated rings. The van der Waals surface area contributed by atoms with Gasteiger partial charge in [-0.05, 0) is 42.3 Å². The second-order valence-corrected chi connectivity index (χ2v) is 11.5. The molecule has 1 N–H and O–H groups in total. The monoisotopic (exact) mass is 537 g/mol. The fourth-order valence-electron chi connectivity index (χ4n) is 4.01. The van der Waals surface area contributed by atoms with Crippen LogP contribution in [0.5, 0.6) is 0 Å². The van der Waals surface area contributed by atoms with Crippen LogP contribution in [-0.2, 0) is 4.79 Å². The molecule has 0 aliphatic rings. The highest BCUT2D eigenvalue weighted by molar-refractivity contribution is 7.95. The lowest BCUT2D eigenvalue weighted by atomic mass is 10.0. The van der Waals surface area contributed by atoms with E-state index in [4.69, 9.17) is 0 Å². The third kappa shape index (κ3) is 6.24. The number of carbonyl (C=O) groups is 1. The maximum absolute atomic E-state index is 13.2. The van der Waals surface area contributed by atoms with Crippen LogP contribution in [0.3, 0.4) is 0 Å². The zero-order chi connectivity index (χ0) is 23.2. The Kier molecular flexibility index (Phi) is 9.69. The predicted octanol–water partition coefficient (Wildman–Crippen LogP) is 2.08. The highest BCUT2D eigenvalue weighted by Gasteiger charge is 2.49. The number of alkyl halides is 3. The molecule has 3 aromatic carbocycles. The van der Waals surface area contributed by atoms with Crippen LogP contribution in [-0.4, -0.2) is 24.3 Å². The number of carbonyl (C=O) groups excluding carboxylic acids is 1. The van der Waals surface area contributed by atoms with E-state index in [1.165, 1.54) is 0 Å². The second kappa shape index (κ2) is 11.8. The van der Waals surface area contributed by atoms with Gasteiger partial charge in [0.25, 0.3) is 0 Å². The van der Waals surface area contributed by atoms with Crippen molar-refractivity contribution in [2.45, 2.75) is 32.5 Å². The third-order valence-electron chi connectivity index (χ3n) is 5.97. The number of rotatable bonds is 8. The first kappa shape index (κ1) is 27.1. The van der Waals surface area contributed by atoms with Crippen LogP contribution in [0.1, 0.15) is 20.3 Å². The van der Waals surface area contributed by atoms with Crippen molar-refractivity contribution in [3.8, 4) is 0 Å². The molecule has 0 saturated carbocycles. The van der Waals surface area contributed by atoms with Gasteiger partial charge in [-0.1, -0.05) is 74.9 Å². The standard InChI is InChI=1S/C26H27F3NOP.BrH/c1-3-20(2)24(30-25(31)26(27,28)29)19-32(21-13-7-4-8-14-21,22-15-9-5-10-16-22)23-17-11-6-12-18-23;/h4-18,20,24H,3,19H2,1-2H3;1H/t20-,24+;/m0./s1. The molecule has 0 aliphatic heterocycles. The summed E-state index contributed by atoms with van der Waals surface area (Å²) in [6, 6.07) is 29.2. The quantitative estimate of drug-likeness (QED) is 0.438. The van der Waals surface area contributed by atoms with E-state index in [1.54, 1.807) is 0 Å². The fourth-order valence-corrected chi connectivity index (χ4v) is 8.62. The van der Waals surface area contributed by atoms with Gasteiger partial charge in [-0.3, -0.25) is 4.79 Å². The molecule has 0 radical (unpaired) electrons. The molecule has 0 aliphatic carbocycles. The first-order chi connectivity index (χ1) is 15.3. The van der Waals surface area contributed by atoms with Gasteiger partial charge in [-0.2, -0.15) is 13.2 Å². The number of hydrogen-bond donors (Lipinski definition) is 1. The topological polar surface area (TPSA) is 29.1 Å². The van der Waals surface area contributed by atoms with Crippen molar-refractivity contribution < 1.29 is 34.9 Å². The molecule has 0 heterocycles. The summed E-state index contributed by atoms with van der Waals surface area (Å²) < 4.78 is 39.5. The predicted molar refractivity (Wildman–Crippen MR) is 127 cm³/mol. The fraction of sp³-hybridized carbons (Fsp3) is 0.269. The van der Waals surface area contributed by atoms with Crippen LogP contribution >= 0.6 is 7.26 Å². The van der Waals surface area contributed by atoms with Crippen molar-refractivity contribution in [3.05, 3.63) is 91.0 Å². The molecule has 2 nitrogen and oxygen atoms in total. The van der Waals surface area contributed by atoms with Crippen molar-refractivity contribution in [3.63, 3.8) is 0 Å². The Labute approximate surface area is 204 Å². The Balaban J connectivity index is 0.00000385. The van der Waals surface area contributed by atoms with Crippen LogP contribution in [0.25, 0.3) is 0 Å². The Morgan fingerprint density at radius 2 is 1.18 bits per heavy atom. The van der Waals surface area contributed by atoms with Crippen molar-refractivity contribution in [1.82, 2.24) is 5.32 Å². The highest BCUT2D eigenvalue weighted by Crippen LogP contribution is 2.56. The van der Waals surface area contributed by atoms with Gasteiger partial charge in [0.1, 0.15) is 23.2 Å². The van der Waals surface area contributed by atoms with Gasteiger partial charge in [0.15, 0.2) is 0 Å². The molecule has 1 amide bonds. The number of amides is 1. The molecule has 33 heavy (non-hydrogen) atoms. The smallest absolute Gasteiger partial charge is 0.471 e. The molecule has 0 aromatic heterocycles. The molecule has 0 saturated heterocycles. The van der Waals surface area contributed by atoms with E-state index in [1.807, 2.05) is 105 Å². The molecule has 0 bridgehead atoms. The van der Waals surface area contributed by atoms with E-state index in [0.717, 1.165) is 15.9 Å². The van der Waals surface area contributed by atoms with Crippen LogP contribution < -0.4 is 38.2 Å². The SMILES string of the molecule is CC[C@H](C)[C@@H](C[P+](c1ccccc1)(c1ccccc1)c1ccccc1)NC(=O)C(F)(F)F.[Br-]. The van der Waals surface area contributed by atoms with E-state index < -0.39 is 25.4 Å². The lowest BCUT2D eigenvalue weighted by Gasteiger charge is -2.33. The lowest BCUT2D eigenvalue weighted by Crippen LogP contribution is -3.00. The van der Waals surface area contributed by atoms with Crippen LogP contribution in [0, 0.1) is 5.92 Å². The number of hydrogen-bond acceptors (Lipinski definition) is 1. The van der Waals surface area contributed by atoms with E-state index in [9.17, 15) is 18.0 Å². The van der Waals surface area contributed by atoms with Gasteiger partial charge in [0.05, 0.1) is 12.2 Å². The number of halogens is 4. The molecule has 0 spiro atoms. The minimum Gasteiger partial charge on any atom is -1.00 e. The largest absolute Gasteiger partial charge is 1.00 e. The van der Waals surface area contributed by atoms with Crippen molar-refractivity contribution in [1.29, 1.82) is 0 Å². The highest BCUT2D eigenvalue weighted by atomic mass is 79.9. The molecular formula is C26H28BrF3NOP. The summed E-state index contributed by atoms with van der Waals surface area (Å²) in [6.07, 6.45) is -3.86. The summed E-state index contributed by atoms with van der Waals surface area (Å²) >= 11 is 0. The normalized spacial score (nSPS) is 13.5. The van der Waals surface area contributed by atoms with Crippen LogP contribution in [0.15, 0.2) is 91.0 Å². The maximum atomic E-state index is 13.2. The molecule has 176 valence electrons. The second-order valence-electron chi connectivity index (χ2n) is 7.96. The third-order valence-corrected chi connectivity index (χ3v) is 10.4. The van der Waals surface area contributed by atoms with Gasteiger partial charge < -0.3 is 22.3 Å². The maximum Gasteiger partial charge on any atom is 0.471 e. The van der Waals surface area contributed by atoms with E-state index in [-0.39, 0.29) is 22.9 Å². The molecular weight excluding hydrogens is 510 g/mol. The van der Waals surface area contributed by atoms with Crippen molar-refractivity contribution >= 4 is 29.1 Å². The van der Waals surface area contributed by atoms with Crippen LogP contribution in [0.2, 0.25) is 0 Å². The summed E-state index contributed by atoms with van der Waals surface area (Å²) in [6.45, 7) is 3.84. The number of benzene rings is 3. The average Bonchev–Trinajstić information content (AvgIpc) is 2.82. The average molecular weight is 538 g/mol. The summed E-state index contributed by atoms with van der Waals surface area (Å²) in [5.41, 5.74) is 0. The summed E-state index contributed by atoms with van der Waals surface area (Å²) in [4.78, 5) is 12.0.